The Balaban J connectivity index is 1.42. The van der Waals surface area contributed by atoms with Crippen molar-refractivity contribution >= 4 is 29.0 Å². The van der Waals surface area contributed by atoms with E-state index < -0.39 is 0 Å². The van der Waals surface area contributed by atoms with Gasteiger partial charge in [0.05, 0.1) is 5.75 Å². The molecule has 2 heterocycles. The van der Waals surface area contributed by atoms with Crippen molar-refractivity contribution < 1.29 is 4.79 Å². The number of amides is 1. The molecule has 1 aliphatic heterocycles. The Morgan fingerprint density at radius 3 is 2.80 bits per heavy atom. The molecule has 134 valence electrons. The molecular weight excluding hydrogens is 348 g/mol. The van der Waals surface area contributed by atoms with Gasteiger partial charge in [0.2, 0.25) is 5.91 Å². The lowest BCUT2D eigenvalue weighted by Gasteiger charge is -2.21. The molecule has 1 aromatic heterocycles. The largest absolute Gasteiger partial charge is 0.341 e. The number of aryl methyl sites for hydroxylation is 1. The van der Waals surface area contributed by atoms with Crippen LogP contribution < -0.4 is 0 Å². The van der Waals surface area contributed by atoms with Gasteiger partial charge in [-0.2, -0.15) is 0 Å². The number of rotatable bonds is 6. The summed E-state index contributed by atoms with van der Waals surface area (Å²) in [5.74, 6) is 1.78. The Kier molecular flexibility index (Phi) is 6.96. The molecule has 0 bridgehead atoms. The predicted molar refractivity (Wildman–Crippen MR) is 108 cm³/mol. The average Bonchev–Trinajstić information content (AvgIpc) is 3.01. The third-order valence-corrected chi connectivity index (χ3v) is 6.47. The van der Waals surface area contributed by atoms with Crippen molar-refractivity contribution in [1.29, 1.82) is 0 Å². The molecule has 3 rings (SSSR count). The first-order chi connectivity index (χ1) is 12.2. The van der Waals surface area contributed by atoms with Crippen molar-refractivity contribution in [3.05, 3.63) is 57.8 Å². The molecular formula is C20H26N2OS2. The van der Waals surface area contributed by atoms with Crippen molar-refractivity contribution in [3.63, 3.8) is 0 Å². The highest BCUT2D eigenvalue weighted by molar-refractivity contribution is 7.99. The van der Waals surface area contributed by atoms with Crippen LogP contribution >= 0.6 is 23.1 Å². The van der Waals surface area contributed by atoms with E-state index in [0.717, 1.165) is 44.9 Å². The Morgan fingerprint density at radius 2 is 2.00 bits per heavy atom. The van der Waals surface area contributed by atoms with Crippen LogP contribution in [0.3, 0.4) is 0 Å². The van der Waals surface area contributed by atoms with Gasteiger partial charge in [0.25, 0.3) is 0 Å². The highest BCUT2D eigenvalue weighted by Crippen LogP contribution is 2.17. The Hall–Kier alpha value is -1.30. The maximum Gasteiger partial charge on any atom is 0.232 e. The number of thiophene rings is 1. The molecule has 1 amide bonds. The maximum absolute atomic E-state index is 12.5. The molecule has 0 unspecified atom stereocenters. The van der Waals surface area contributed by atoms with Gasteiger partial charge in [-0.1, -0.05) is 30.3 Å². The second-order valence-corrected chi connectivity index (χ2v) is 8.53. The number of carbonyl (C=O) groups is 1. The van der Waals surface area contributed by atoms with Crippen LogP contribution in [0.25, 0.3) is 0 Å². The molecule has 1 saturated heterocycles. The van der Waals surface area contributed by atoms with Crippen molar-refractivity contribution in [2.24, 2.45) is 0 Å². The van der Waals surface area contributed by atoms with Crippen LogP contribution in [0.5, 0.6) is 0 Å². The van der Waals surface area contributed by atoms with E-state index in [2.05, 4.69) is 58.5 Å². The number of hydrogen-bond donors (Lipinski definition) is 0. The van der Waals surface area contributed by atoms with E-state index in [4.69, 9.17) is 0 Å². The fourth-order valence-corrected chi connectivity index (χ4v) is 4.86. The first-order valence-electron chi connectivity index (χ1n) is 8.87. The normalized spacial score (nSPS) is 16.0. The third kappa shape index (κ3) is 5.59. The molecule has 5 heteroatoms. The van der Waals surface area contributed by atoms with E-state index in [1.807, 2.05) is 11.3 Å². The fraction of sp³-hybridized carbons (Fsp3) is 0.450. The van der Waals surface area contributed by atoms with Gasteiger partial charge in [0.1, 0.15) is 0 Å². The molecule has 0 atom stereocenters. The summed E-state index contributed by atoms with van der Waals surface area (Å²) in [6.07, 6.45) is 1.07. The lowest BCUT2D eigenvalue weighted by Crippen LogP contribution is -2.36. The molecule has 0 N–H and O–H groups in total. The lowest BCUT2D eigenvalue weighted by molar-refractivity contribution is -0.128. The van der Waals surface area contributed by atoms with Crippen LogP contribution in [0.15, 0.2) is 41.8 Å². The van der Waals surface area contributed by atoms with E-state index in [1.165, 1.54) is 16.0 Å². The summed E-state index contributed by atoms with van der Waals surface area (Å²) in [6, 6.07) is 12.7. The Bertz CT molecular complexity index is 672. The molecule has 1 fully saturated rings. The summed E-state index contributed by atoms with van der Waals surface area (Å²) < 4.78 is 0. The predicted octanol–water partition coefficient (Wildman–Crippen LogP) is 4.02. The Labute approximate surface area is 159 Å². The topological polar surface area (TPSA) is 23.6 Å². The van der Waals surface area contributed by atoms with Gasteiger partial charge in [-0.3, -0.25) is 9.69 Å². The quantitative estimate of drug-likeness (QED) is 0.763. The van der Waals surface area contributed by atoms with Gasteiger partial charge < -0.3 is 4.90 Å². The highest BCUT2D eigenvalue weighted by atomic mass is 32.2. The molecule has 0 aliphatic carbocycles. The smallest absolute Gasteiger partial charge is 0.232 e. The van der Waals surface area contributed by atoms with Gasteiger partial charge in [-0.05, 0) is 35.9 Å². The number of thioether (sulfide) groups is 1. The van der Waals surface area contributed by atoms with Crippen LogP contribution in [-0.2, 0) is 17.1 Å². The monoisotopic (exact) mass is 374 g/mol. The van der Waals surface area contributed by atoms with E-state index in [9.17, 15) is 4.79 Å². The summed E-state index contributed by atoms with van der Waals surface area (Å²) in [5, 5.41) is 2.13. The summed E-state index contributed by atoms with van der Waals surface area (Å²) in [5.41, 5.74) is 2.64. The second-order valence-electron chi connectivity index (χ2n) is 6.51. The van der Waals surface area contributed by atoms with E-state index >= 15 is 0 Å². The minimum atomic E-state index is 0.288. The van der Waals surface area contributed by atoms with E-state index in [0.29, 0.717) is 5.75 Å². The van der Waals surface area contributed by atoms with E-state index in [1.54, 1.807) is 11.8 Å². The molecule has 0 saturated carbocycles. The number of carbonyl (C=O) groups excluding carboxylic acids is 1. The number of hydrogen-bond acceptors (Lipinski definition) is 4. The molecule has 0 radical (unpaired) electrons. The van der Waals surface area contributed by atoms with Crippen LogP contribution in [0, 0.1) is 6.92 Å². The van der Waals surface area contributed by atoms with Crippen molar-refractivity contribution in [2.75, 3.05) is 31.9 Å². The summed E-state index contributed by atoms with van der Waals surface area (Å²) in [4.78, 5) is 18.5. The van der Waals surface area contributed by atoms with Crippen molar-refractivity contribution in [2.45, 2.75) is 25.6 Å². The molecule has 0 spiro atoms. The minimum absolute atomic E-state index is 0.288. The zero-order valence-corrected chi connectivity index (χ0v) is 16.5. The van der Waals surface area contributed by atoms with Crippen LogP contribution in [0.4, 0.5) is 0 Å². The molecule has 3 nitrogen and oxygen atoms in total. The Morgan fingerprint density at radius 1 is 1.12 bits per heavy atom. The van der Waals surface area contributed by atoms with Crippen LogP contribution in [0.2, 0.25) is 0 Å². The summed E-state index contributed by atoms with van der Waals surface area (Å²) >= 11 is 3.55. The van der Waals surface area contributed by atoms with Gasteiger partial charge >= 0.3 is 0 Å². The average molecular weight is 375 g/mol. The fourth-order valence-electron chi connectivity index (χ4n) is 3.11. The molecule has 2 aromatic rings. The van der Waals surface area contributed by atoms with E-state index in [-0.39, 0.29) is 5.91 Å². The highest BCUT2D eigenvalue weighted by Gasteiger charge is 2.19. The van der Waals surface area contributed by atoms with Gasteiger partial charge in [0, 0.05) is 43.4 Å². The van der Waals surface area contributed by atoms with Crippen molar-refractivity contribution in [1.82, 2.24) is 9.80 Å². The zero-order chi connectivity index (χ0) is 17.5. The number of benzene rings is 1. The third-order valence-electron chi connectivity index (χ3n) is 4.65. The molecule has 1 aromatic carbocycles. The van der Waals surface area contributed by atoms with Crippen molar-refractivity contribution in [3.8, 4) is 0 Å². The molecule has 25 heavy (non-hydrogen) atoms. The zero-order valence-electron chi connectivity index (χ0n) is 14.8. The van der Waals surface area contributed by atoms with Crippen LogP contribution in [-0.4, -0.2) is 47.6 Å². The summed E-state index contributed by atoms with van der Waals surface area (Å²) in [6.45, 7) is 6.96. The standard InChI is InChI=1S/C20H26N2OS2/c1-17-6-2-3-7-18(17)15-24-16-20(23)22-10-5-9-21(11-12-22)14-19-8-4-13-25-19/h2-4,6-8,13H,5,9-12,14-16H2,1H3. The minimum Gasteiger partial charge on any atom is -0.341 e. The van der Waals surface area contributed by atoms with Gasteiger partial charge in [0.15, 0.2) is 0 Å². The van der Waals surface area contributed by atoms with Gasteiger partial charge in [-0.25, -0.2) is 0 Å². The first-order valence-corrected chi connectivity index (χ1v) is 10.9. The number of nitrogens with zero attached hydrogens (tertiary/aromatic N) is 2. The maximum atomic E-state index is 12.5. The van der Waals surface area contributed by atoms with Gasteiger partial charge in [-0.15, -0.1) is 23.1 Å². The van der Waals surface area contributed by atoms with Crippen LogP contribution in [0.1, 0.15) is 22.4 Å². The first kappa shape index (κ1) is 18.5. The lowest BCUT2D eigenvalue weighted by atomic mass is 10.1. The second kappa shape index (κ2) is 9.41. The SMILES string of the molecule is Cc1ccccc1CSCC(=O)N1CCCN(Cc2cccs2)CC1. The summed E-state index contributed by atoms with van der Waals surface area (Å²) in [7, 11) is 0. The molecule has 1 aliphatic rings.